The van der Waals surface area contributed by atoms with E-state index in [0.717, 1.165) is 11.0 Å². The predicted octanol–water partition coefficient (Wildman–Crippen LogP) is 0.766. The molecule has 0 aromatic carbocycles. The summed E-state index contributed by atoms with van der Waals surface area (Å²) in [6, 6.07) is 4.81. The van der Waals surface area contributed by atoms with Crippen LogP contribution in [0.15, 0.2) is 18.5 Å². The van der Waals surface area contributed by atoms with E-state index in [0.29, 0.717) is 0 Å². The standard InChI is InChI=1S/C7H6N3.Y/c1-10-7-6(5-9-10)3-2-4-8-7;/h2,4-5H,1H3;/q-1;. The van der Waals surface area contributed by atoms with E-state index in [1.54, 1.807) is 23.1 Å². The molecule has 0 spiro atoms. The summed E-state index contributed by atoms with van der Waals surface area (Å²) in [7, 11) is 1.86. The molecule has 0 saturated heterocycles. The molecule has 0 amide bonds. The van der Waals surface area contributed by atoms with Crippen LogP contribution in [-0.4, -0.2) is 14.8 Å². The Bertz CT molecular complexity index is 355. The van der Waals surface area contributed by atoms with Crippen LogP contribution < -0.4 is 0 Å². The molecule has 0 unspecified atom stereocenters. The fourth-order valence-electron chi connectivity index (χ4n) is 0.921. The molecular formula is C7H6N3Y-. The van der Waals surface area contributed by atoms with Crippen LogP contribution in [0.2, 0.25) is 0 Å². The molecule has 0 aliphatic carbocycles. The quantitative estimate of drug-likeness (QED) is 0.615. The number of aromatic nitrogens is 3. The molecule has 2 heterocycles. The normalized spacial score (nSPS) is 9.55. The maximum atomic E-state index is 4.11. The zero-order chi connectivity index (χ0) is 6.97. The van der Waals surface area contributed by atoms with E-state index in [9.17, 15) is 0 Å². The summed E-state index contributed by atoms with van der Waals surface area (Å²) in [6.45, 7) is 0. The van der Waals surface area contributed by atoms with Gasteiger partial charge in [0.1, 0.15) is 0 Å². The SMILES string of the molecule is Cn1ncc2[c-]ccnc21.[Y]. The van der Waals surface area contributed by atoms with Crippen LogP contribution in [0.4, 0.5) is 0 Å². The van der Waals surface area contributed by atoms with Crippen molar-refractivity contribution in [1.82, 2.24) is 14.8 Å². The van der Waals surface area contributed by atoms with Gasteiger partial charge in [-0.25, -0.2) is 5.10 Å². The summed E-state index contributed by atoms with van der Waals surface area (Å²) in [5.74, 6) is 0. The summed E-state index contributed by atoms with van der Waals surface area (Å²) >= 11 is 0. The van der Waals surface area contributed by atoms with Crippen molar-refractivity contribution < 1.29 is 32.7 Å². The Morgan fingerprint density at radius 1 is 1.55 bits per heavy atom. The first kappa shape index (κ1) is 8.82. The van der Waals surface area contributed by atoms with Gasteiger partial charge in [0.15, 0.2) is 0 Å². The Morgan fingerprint density at radius 3 is 3.09 bits per heavy atom. The number of fused-ring (bicyclic) bond motifs is 1. The fourth-order valence-corrected chi connectivity index (χ4v) is 0.921. The second-order valence-electron chi connectivity index (χ2n) is 2.09. The molecule has 4 heteroatoms. The number of pyridine rings is 1. The van der Waals surface area contributed by atoms with Crippen molar-refractivity contribution in [2.24, 2.45) is 7.05 Å². The number of nitrogens with zero attached hydrogens (tertiary/aromatic N) is 3. The molecule has 11 heavy (non-hydrogen) atoms. The van der Waals surface area contributed by atoms with Crippen LogP contribution in [0.1, 0.15) is 0 Å². The predicted molar refractivity (Wildman–Crippen MR) is 37.3 cm³/mol. The van der Waals surface area contributed by atoms with Crippen LogP contribution in [-0.2, 0) is 39.8 Å². The van der Waals surface area contributed by atoms with E-state index in [1.165, 1.54) is 0 Å². The zero-order valence-electron chi connectivity index (χ0n) is 6.15. The molecule has 3 nitrogen and oxygen atoms in total. The maximum absolute atomic E-state index is 4.11. The topological polar surface area (TPSA) is 30.7 Å². The fraction of sp³-hybridized carbons (Fsp3) is 0.143. The largest absolute Gasteiger partial charge is 0.335 e. The van der Waals surface area contributed by atoms with Crippen LogP contribution in [0.25, 0.3) is 11.0 Å². The summed E-state index contributed by atoms with van der Waals surface area (Å²) in [5.41, 5.74) is 0.877. The third-order valence-electron chi connectivity index (χ3n) is 1.42. The molecule has 0 aliphatic rings. The Hall–Kier alpha value is -0.276. The minimum absolute atomic E-state index is 0. The third kappa shape index (κ3) is 1.49. The second kappa shape index (κ2) is 3.41. The Morgan fingerprint density at radius 2 is 2.36 bits per heavy atom. The maximum Gasteiger partial charge on any atom is 0.0629 e. The van der Waals surface area contributed by atoms with Crippen molar-refractivity contribution in [2.45, 2.75) is 0 Å². The first-order chi connectivity index (χ1) is 4.88. The monoisotopic (exact) mass is 221 g/mol. The molecule has 0 bridgehead atoms. The second-order valence-corrected chi connectivity index (χ2v) is 2.09. The van der Waals surface area contributed by atoms with E-state index in [-0.39, 0.29) is 32.7 Å². The van der Waals surface area contributed by atoms with Crippen molar-refractivity contribution in [2.75, 3.05) is 0 Å². The van der Waals surface area contributed by atoms with Crippen LogP contribution in [0.3, 0.4) is 0 Å². The number of aryl methyl sites for hydroxylation is 1. The molecule has 0 aliphatic heterocycles. The van der Waals surface area contributed by atoms with Gasteiger partial charge in [0.2, 0.25) is 0 Å². The number of hydrogen-bond acceptors (Lipinski definition) is 2. The number of hydrogen-bond donors (Lipinski definition) is 0. The van der Waals surface area contributed by atoms with Gasteiger partial charge in [-0.2, -0.15) is 0 Å². The minimum Gasteiger partial charge on any atom is -0.335 e. The van der Waals surface area contributed by atoms with Crippen molar-refractivity contribution in [3.05, 3.63) is 24.5 Å². The zero-order valence-corrected chi connectivity index (χ0v) is 8.99. The smallest absolute Gasteiger partial charge is 0.0629 e. The first-order valence-electron chi connectivity index (χ1n) is 3.02. The summed E-state index contributed by atoms with van der Waals surface area (Å²) in [6.07, 6.45) is 3.46. The van der Waals surface area contributed by atoms with Gasteiger partial charge in [0.25, 0.3) is 0 Å². The van der Waals surface area contributed by atoms with E-state index in [1.807, 2.05) is 7.05 Å². The van der Waals surface area contributed by atoms with Crippen molar-refractivity contribution in [1.29, 1.82) is 0 Å². The minimum atomic E-state index is 0. The third-order valence-corrected chi connectivity index (χ3v) is 1.42. The van der Waals surface area contributed by atoms with Crippen LogP contribution in [0.5, 0.6) is 0 Å². The Labute approximate surface area is 89.7 Å². The van der Waals surface area contributed by atoms with Gasteiger partial charge in [-0.3, -0.25) is 0 Å². The molecule has 0 atom stereocenters. The summed E-state index contributed by atoms with van der Waals surface area (Å²) in [5, 5.41) is 4.98. The Balaban J connectivity index is 0.000000605. The molecule has 0 fully saturated rings. The van der Waals surface area contributed by atoms with Gasteiger partial charge in [0, 0.05) is 39.8 Å². The van der Waals surface area contributed by atoms with E-state index in [2.05, 4.69) is 16.1 Å². The first-order valence-corrected chi connectivity index (χ1v) is 3.02. The van der Waals surface area contributed by atoms with Crippen LogP contribution in [0, 0.1) is 6.07 Å². The van der Waals surface area contributed by atoms with Gasteiger partial charge in [-0.15, -0.1) is 12.1 Å². The molecule has 1 radical (unpaired) electrons. The van der Waals surface area contributed by atoms with Gasteiger partial charge < -0.3 is 9.67 Å². The molecule has 2 aromatic rings. The van der Waals surface area contributed by atoms with Crippen molar-refractivity contribution in [3.63, 3.8) is 0 Å². The van der Waals surface area contributed by atoms with Crippen molar-refractivity contribution in [3.8, 4) is 0 Å². The van der Waals surface area contributed by atoms with E-state index < -0.39 is 0 Å². The molecule has 2 rings (SSSR count). The molecule has 0 N–H and O–H groups in total. The molecule has 53 valence electrons. The van der Waals surface area contributed by atoms with Crippen LogP contribution >= 0.6 is 0 Å². The van der Waals surface area contributed by atoms with E-state index >= 15 is 0 Å². The molecule has 2 aromatic heterocycles. The average molecular weight is 221 g/mol. The van der Waals surface area contributed by atoms with Gasteiger partial charge in [-0.1, -0.05) is 11.6 Å². The Kier molecular flexibility index (Phi) is 2.74. The molecule has 0 saturated carbocycles. The number of rotatable bonds is 0. The van der Waals surface area contributed by atoms with Crippen molar-refractivity contribution >= 4 is 11.0 Å². The molecular weight excluding hydrogens is 215 g/mol. The van der Waals surface area contributed by atoms with Gasteiger partial charge in [-0.05, 0) is 6.20 Å². The van der Waals surface area contributed by atoms with Gasteiger partial charge >= 0.3 is 0 Å². The summed E-state index contributed by atoms with van der Waals surface area (Å²) < 4.78 is 1.73. The van der Waals surface area contributed by atoms with Gasteiger partial charge in [0.05, 0.1) is 5.65 Å². The summed E-state index contributed by atoms with van der Waals surface area (Å²) in [4.78, 5) is 4.11. The van der Waals surface area contributed by atoms with E-state index in [4.69, 9.17) is 0 Å². The average Bonchev–Trinajstić information content (AvgIpc) is 2.34.